The zero-order valence-electron chi connectivity index (χ0n) is 16.0. The predicted molar refractivity (Wildman–Crippen MR) is 99.6 cm³/mol. The van der Waals surface area contributed by atoms with E-state index in [4.69, 9.17) is 14.0 Å². The van der Waals surface area contributed by atoms with E-state index in [1.165, 1.54) is 0 Å². The molecule has 146 valence electrons. The van der Waals surface area contributed by atoms with Gasteiger partial charge in [0.2, 0.25) is 11.8 Å². The van der Waals surface area contributed by atoms with Gasteiger partial charge < -0.3 is 18.9 Å². The highest BCUT2D eigenvalue weighted by Crippen LogP contribution is 2.17. The highest BCUT2D eigenvalue weighted by atomic mass is 16.5. The van der Waals surface area contributed by atoms with Crippen LogP contribution in [0.3, 0.4) is 0 Å². The van der Waals surface area contributed by atoms with Gasteiger partial charge in [-0.15, -0.1) is 0 Å². The molecule has 1 aliphatic rings. The van der Waals surface area contributed by atoms with Gasteiger partial charge in [0.05, 0.1) is 19.8 Å². The van der Waals surface area contributed by atoms with Gasteiger partial charge in [-0.1, -0.05) is 17.3 Å². The lowest BCUT2D eigenvalue weighted by Crippen LogP contribution is -2.41. The van der Waals surface area contributed by atoms with Gasteiger partial charge >= 0.3 is 0 Å². The molecule has 0 atom stereocenters. The quantitative estimate of drug-likeness (QED) is 0.708. The molecule has 7 nitrogen and oxygen atoms in total. The van der Waals surface area contributed by atoms with E-state index >= 15 is 0 Å². The number of likely N-dealkylation sites (tertiary alicyclic amines) is 1. The fourth-order valence-electron chi connectivity index (χ4n) is 3.23. The zero-order valence-corrected chi connectivity index (χ0v) is 16.0. The Kier molecular flexibility index (Phi) is 6.81. The Hall–Kier alpha value is -2.41. The SMILES string of the molecule is COc1ccc(CCC(=O)N2CCC(OCCc3noc(C)n3)CC2)cc1. The maximum Gasteiger partial charge on any atom is 0.223 e. The molecule has 0 unspecified atom stereocenters. The smallest absolute Gasteiger partial charge is 0.223 e. The number of hydrogen-bond acceptors (Lipinski definition) is 6. The molecule has 1 aromatic heterocycles. The molecular formula is C20H27N3O4. The van der Waals surface area contributed by atoms with Crippen molar-refractivity contribution in [2.75, 3.05) is 26.8 Å². The van der Waals surface area contributed by atoms with Crippen molar-refractivity contribution in [2.45, 2.75) is 45.1 Å². The van der Waals surface area contributed by atoms with Crippen LogP contribution in [-0.4, -0.2) is 53.9 Å². The van der Waals surface area contributed by atoms with Crippen molar-refractivity contribution in [3.8, 4) is 5.75 Å². The van der Waals surface area contributed by atoms with Crippen LogP contribution in [0.1, 0.15) is 36.5 Å². The Bertz CT molecular complexity index is 721. The lowest BCUT2D eigenvalue weighted by molar-refractivity contribution is -0.133. The number of aromatic nitrogens is 2. The Balaban J connectivity index is 1.33. The van der Waals surface area contributed by atoms with Crippen LogP contribution in [0.5, 0.6) is 5.75 Å². The molecule has 1 fully saturated rings. The first kappa shape index (κ1) is 19.4. The van der Waals surface area contributed by atoms with Crippen LogP contribution in [0.25, 0.3) is 0 Å². The van der Waals surface area contributed by atoms with Crippen molar-refractivity contribution in [1.82, 2.24) is 15.0 Å². The summed E-state index contributed by atoms with van der Waals surface area (Å²) >= 11 is 0. The number of carbonyl (C=O) groups is 1. The minimum absolute atomic E-state index is 0.198. The standard InChI is InChI=1S/C20H27N3O4/c1-15-21-19(22-27-15)11-14-26-18-9-12-23(13-10-18)20(24)8-5-16-3-6-17(25-2)7-4-16/h3-4,6-7,18H,5,8-14H2,1-2H3. The van der Waals surface area contributed by atoms with Crippen LogP contribution < -0.4 is 4.74 Å². The first-order chi connectivity index (χ1) is 13.1. The summed E-state index contributed by atoms with van der Waals surface area (Å²) in [6.45, 7) is 3.87. The van der Waals surface area contributed by atoms with E-state index in [1.54, 1.807) is 14.0 Å². The first-order valence-electron chi connectivity index (χ1n) is 9.45. The summed E-state index contributed by atoms with van der Waals surface area (Å²) < 4.78 is 16.0. The normalized spacial score (nSPS) is 15.1. The van der Waals surface area contributed by atoms with E-state index < -0.39 is 0 Å². The first-order valence-corrected chi connectivity index (χ1v) is 9.45. The second-order valence-corrected chi connectivity index (χ2v) is 6.78. The molecule has 0 saturated carbocycles. The largest absolute Gasteiger partial charge is 0.497 e. The molecule has 1 aromatic carbocycles. The number of methoxy groups -OCH3 is 1. The van der Waals surface area contributed by atoms with Crippen LogP contribution in [0, 0.1) is 6.92 Å². The Morgan fingerprint density at radius 1 is 1.22 bits per heavy atom. The number of rotatable bonds is 8. The Morgan fingerprint density at radius 3 is 2.59 bits per heavy atom. The number of benzene rings is 1. The Labute approximate surface area is 159 Å². The van der Waals surface area contributed by atoms with Crippen molar-refractivity contribution in [3.63, 3.8) is 0 Å². The summed E-state index contributed by atoms with van der Waals surface area (Å²) in [6.07, 6.45) is 3.89. The second kappa shape index (κ2) is 9.50. The summed E-state index contributed by atoms with van der Waals surface area (Å²) in [4.78, 5) is 18.6. The molecule has 2 heterocycles. The highest BCUT2D eigenvalue weighted by molar-refractivity contribution is 5.76. The highest BCUT2D eigenvalue weighted by Gasteiger charge is 2.23. The van der Waals surface area contributed by atoms with Gasteiger partial charge in [-0.25, -0.2) is 0 Å². The fourth-order valence-corrected chi connectivity index (χ4v) is 3.23. The average molecular weight is 373 g/mol. The predicted octanol–water partition coefficient (Wildman–Crippen LogP) is 2.57. The summed E-state index contributed by atoms with van der Waals surface area (Å²) in [7, 11) is 1.65. The third kappa shape index (κ3) is 5.79. The van der Waals surface area contributed by atoms with E-state index in [1.807, 2.05) is 29.2 Å². The molecule has 7 heteroatoms. The number of ether oxygens (including phenoxy) is 2. The zero-order chi connectivity index (χ0) is 19.1. The molecule has 3 rings (SSSR count). The van der Waals surface area contributed by atoms with Crippen LogP contribution >= 0.6 is 0 Å². The molecule has 2 aromatic rings. The van der Waals surface area contributed by atoms with Gasteiger partial charge in [0, 0.05) is 32.9 Å². The summed E-state index contributed by atoms with van der Waals surface area (Å²) in [5.74, 6) is 2.30. The van der Waals surface area contributed by atoms with Crippen LogP contribution in [0.15, 0.2) is 28.8 Å². The van der Waals surface area contributed by atoms with Crippen molar-refractivity contribution in [1.29, 1.82) is 0 Å². The molecule has 0 radical (unpaired) electrons. The van der Waals surface area contributed by atoms with Gasteiger partial charge in [-0.2, -0.15) is 4.98 Å². The summed E-state index contributed by atoms with van der Waals surface area (Å²) in [5.41, 5.74) is 1.15. The number of nitrogens with zero attached hydrogens (tertiary/aromatic N) is 3. The number of aryl methyl sites for hydroxylation is 2. The van der Waals surface area contributed by atoms with E-state index in [2.05, 4.69) is 10.1 Å². The van der Waals surface area contributed by atoms with Gasteiger partial charge in [0.25, 0.3) is 0 Å². The molecule has 0 aliphatic carbocycles. The fraction of sp³-hybridized carbons (Fsp3) is 0.550. The number of carbonyl (C=O) groups excluding carboxylic acids is 1. The van der Waals surface area contributed by atoms with Crippen molar-refractivity contribution in [2.24, 2.45) is 0 Å². The van der Waals surface area contributed by atoms with Crippen LogP contribution in [0.2, 0.25) is 0 Å². The summed E-state index contributed by atoms with van der Waals surface area (Å²) in [6, 6.07) is 7.88. The van der Waals surface area contributed by atoms with E-state index in [0.29, 0.717) is 31.2 Å². The van der Waals surface area contributed by atoms with Crippen molar-refractivity contribution < 1.29 is 18.8 Å². The monoisotopic (exact) mass is 373 g/mol. The molecule has 0 N–H and O–H groups in total. The molecule has 1 saturated heterocycles. The van der Waals surface area contributed by atoms with E-state index in [-0.39, 0.29) is 12.0 Å². The molecule has 1 amide bonds. The summed E-state index contributed by atoms with van der Waals surface area (Å²) in [5, 5.41) is 3.86. The van der Waals surface area contributed by atoms with Gasteiger partial charge in [-0.3, -0.25) is 4.79 Å². The van der Waals surface area contributed by atoms with Crippen molar-refractivity contribution >= 4 is 5.91 Å². The number of hydrogen-bond donors (Lipinski definition) is 0. The minimum atomic E-state index is 0.198. The lowest BCUT2D eigenvalue weighted by atomic mass is 10.1. The minimum Gasteiger partial charge on any atom is -0.497 e. The van der Waals surface area contributed by atoms with Crippen molar-refractivity contribution in [3.05, 3.63) is 41.5 Å². The third-order valence-electron chi connectivity index (χ3n) is 4.83. The molecular weight excluding hydrogens is 346 g/mol. The molecule has 0 bridgehead atoms. The molecule has 0 spiro atoms. The topological polar surface area (TPSA) is 77.7 Å². The number of piperidine rings is 1. The maximum atomic E-state index is 12.4. The third-order valence-corrected chi connectivity index (χ3v) is 4.83. The van der Waals surface area contributed by atoms with Gasteiger partial charge in [0.1, 0.15) is 5.75 Å². The average Bonchev–Trinajstić information content (AvgIpc) is 3.12. The van der Waals surface area contributed by atoms with Gasteiger partial charge in [-0.05, 0) is 37.0 Å². The molecule has 27 heavy (non-hydrogen) atoms. The lowest BCUT2D eigenvalue weighted by Gasteiger charge is -2.32. The maximum absolute atomic E-state index is 12.4. The van der Waals surface area contributed by atoms with E-state index in [9.17, 15) is 4.79 Å². The van der Waals surface area contributed by atoms with Crippen LogP contribution in [-0.2, 0) is 22.4 Å². The molecule has 1 aliphatic heterocycles. The van der Waals surface area contributed by atoms with Crippen LogP contribution in [0.4, 0.5) is 0 Å². The van der Waals surface area contributed by atoms with E-state index in [0.717, 1.165) is 43.7 Å². The van der Waals surface area contributed by atoms with Gasteiger partial charge in [0.15, 0.2) is 5.82 Å². The second-order valence-electron chi connectivity index (χ2n) is 6.78. The number of amides is 1. The Morgan fingerprint density at radius 2 is 1.96 bits per heavy atom.